The van der Waals surface area contributed by atoms with Crippen LogP contribution in [0.4, 0.5) is 5.82 Å². The van der Waals surface area contributed by atoms with Crippen LogP contribution in [0.25, 0.3) is 11.0 Å². The summed E-state index contributed by atoms with van der Waals surface area (Å²) in [5, 5.41) is 0. The molecule has 0 radical (unpaired) electrons. The van der Waals surface area contributed by atoms with Crippen LogP contribution in [0.5, 0.6) is 5.88 Å². The quantitative estimate of drug-likeness (QED) is 0.881. The minimum atomic E-state index is 0.372. The van der Waals surface area contributed by atoms with E-state index in [2.05, 4.69) is 15.0 Å². The second kappa shape index (κ2) is 4.97. The van der Waals surface area contributed by atoms with Crippen LogP contribution in [0.2, 0.25) is 0 Å². The van der Waals surface area contributed by atoms with Crippen molar-refractivity contribution in [2.45, 2.75) is 18.8 Å². The Morgan fingerprint density at radius 1 is 1.21 bits per heavy atom. The number of ether oxygens (including phenoxy) is 2. The molecule has 1 aliphatic rings. The van der Waals surface area contributed by atoms with Gasteiger partial charge in [-0.1, -0.05) is 0 Å². The monoisotopic (exact) mass is 260 g/mol. The first kappa shape index (κ1) is 12.1. The SMILES string of the molecule is COc1ncc(C2CCOCC2)c2ncc(N)nc12. The van der Waals surface area contributed by atoms with E-state index in [4.69, 9.17) is 15.2 Å². The molecule has 3 rings (SSSR count). The maximum atomic E-state index is 5.70. The van der Waals surface area contributed by atoms with Crippen molar-refractivity contribution in [1.82, 2.24) is 15.0 Å². The summed E-state index contributed by atoms with van der Waals surface area (Å²) in [7, 11) is 1.57. The summed E-state index contributed by atoms with van der Waals surface area (Å²) >= 11 is 0. The average molecular weight is 260 g/mol. The molecule has 0 aliphatic carbocycles. The van der Waals surface area contributed by atoms with Crippen LogP contribution < -0.4 is 10.5 Å². The number of hydrogen-bond donors (Lipinski definition) is 1. The molecule has 1 aliphatic heterocycles. The molecule has 100 valence electrons. The maximum Gasteiger partial charge on any atom is 0.242 e. The van der Waals surface area contributed by atoms with Crippen LogP contribution in [0, 0.1) is 0 Å². The molecule has 6 heteroatoms. The topological polar surface area (TPSA) is 83.2 Å². The zero-order valence-corrected chi connectivity index (χ0v) is 10.8. The van der Waals surface area contributed by atoms with Crippen molar-refractivity contribution in [3.8, 4) is 5.88 Å². The lowest BCUT2D eigenvalue weighted by atomic mass is 9.92. The molecule has 1 fully saturated rings. The van der Waals surface area contributed by atoms with Crippen molar-refractivity contribution in [3.63, 3.8) is 0 Å². The highest BCUT2D eigenvalue weighted by Crippen LogP contribution is 2.33. The minimum absolute atomic E-state index is 0.372. The summed E-state index contributed by atoms with van der Waals surface area (Å²) in [6, 6.07) is 0. The molecule has 2 aromatic rings. The fraction of sp³-hybridized carbons (Fsp3) is 0.462. The third kappa shape index (κ3) is 2.19. The molecule has 0 unspecified atom stereocenters. The van der Waals surface area contributed by atoms with E-state index in [0.29, 0.717) is 23.1 Å². The summed E-state index contributed by atoms with van der Waals surface area (Å²) in [4.78, 5) is 13.0. The fourth-order valence-corrected chi connectivity index (χ4v) is 2.47. The summed E-state index contributed by atoms with van der Waals surface area (Å²) < 4.78 is 10.6. The van der Waals surface area contributed by atoms with E-state index in [9.17, 15) is 0 Å². The van der Waals surface area contributed by atoms with Crippen LogP contribution in [-0.2, 0) is 4.74 Å². The molecule has 0 bridgehead atoms. The Morgan fingerprint density at radius 3 is 2.74 bits per heavy atom. The van der Waals surface area contributed by atoms with Gasteiger partial charge in [0.15, 0.2) is 5.52 Å². The van der Waals surface area contributed by atoms with E-state index in [1.54, 1.807) is 13.3 Å². The highest BCUT2D eigenvalue weighted by atomic mass is 16.5. The predicted molar refractivity (Wildman–Crippen MR) is 71.1 cm³/mol. The molecule has 1 saturated heterocycles. The van der Waals surface area contributed by atoms with Crippen molar-refractivity contribution in [2.75, 3.05) is 26.1 Å². The number of anilines is 1. The number of aromatic nitrogens is 3. The van der Waals surface area contributed by atoms with Crippen molar-refractivity contribution in [1.29, 1.82) is 0 Å². The molecule has 19 heavy (non-hydrogen) atoms. The smallest absolute Gasteiger partial charge is 0.242 e. The Bertz CT molecular complexity index is 596. The number of rotatable bonds is 2. The van der Waals surface area contributed by atoms with Gasteiger partial charge in [0, 0.05) is 25.0 Å². The van der Waals surface area contributed by atoms with Gasteiger partial charge in [-0.3, -0.25) is 4.98 Å². The molecule has 3 heterocycles. The second-order valence-corrected chi connectivity index (χ2v) is 4.60. The van der Waals surface area contributed by atoms with Crippen molar-refractivity contribution in [3.05, 3.63) is 18.0 Å². The van der Waals surface area contributed by atoms with E-state index in [0.717, 1.165) is 37.1 Å². The van der Waals surface area contributed by atoms with Gasteiger partial charge in [-0.2, -0.15) is 0 Å². The number of methoxy groups -OCH3 is 1. The lowest BCUT2D eigenvalue weighted by Crippen LogP contribution is -2.15. The van der Waals surface area contributed by atoms with Gasteiger partial charge in [0.05, 0.1) is 18.8 Å². The van der Waals surface area contributed by atoms with Crippen LogP contribution in [0.1, 0.15) is 24.3 Å². The molecule has 0 amide bonds. The third-order valence-corrected chi connectivity index (χ3v) is 3.44. The summed E-state index contributed by atoms with van der Waals surface area (Å²) in [6.07, 6.45) is 5.37. The van der Waals surface area contributed by atoms with Crippen LogP contribution >= 0.6 is 0 Å². The number of pyridine rings is 1. The second-order valence-electron chi connectivity index (χ2n) is 4.60. The van der Waals surface area contributed by atoms with Crippen LogP contribution in [-0.4, -0.2) is 35.3 Å². The van der Waals surface area contributed by atoms with Gasteiger partial charge in [0.1, 0.15) is 5.82 Å². The average Bonchev–Trinajstić information content (AvgIpc) is 2.47. The van der Waals surface area contributed by atoms with Gasteiger partial charge in [-0.15, -0.1) is 0 Å². The van der Waals surface area contributed by atoms with Gasteiger partial charge in [0.25, 0.3) is 0 Å². The normalized spacial score (nSPS) is 16.7. The van der Waals surface area contributed by atoms with Gasteiger partial charge in [-0.25, -0.2) is 9.97 Å². The number of nitrogens with two attached hydrogens (primary N) is 1. The van der Waals surface area contributed by atoms with Crippen LogP contribution in [0.3, 0.4) is 0 Å². The van der Waals surface area contributed by atoms with Gasteiger partial charge in [-0.05, 0) is 18.8 Å². The molecule has 2 aromatic heterocycles. The number of fused-ring (bicyclic) bond motifs is 1. The van der Waals surface area contributed by atoms with E-state index < -0.39 is 0 Å². The molecule has 6 nitrogen and oxygen atoms in total. The number of nitrogen functional groups attached to an aromatic ring is 1. The van der Waals surface area contributed by atoms with Gasteiger partial charge >= 0.3 is 0 Å². The van der Waals surface area contributed by atoms with E-state index in [-0.39, 0.29) is 0 Å². The minimum Gasteiger partial charge on any atom is -0.479 e. The Kier molecular flexibility index (Phi) is 3.16. The zero-order chi connectivity index (χ0) is 13.2. The molecular weight excluding hydrogens is 244 g/mol. The van der Waals surface area contributed by atoms with E-state index in [1.807, 2.05) is 6.20 Å². The molecular formula is C13H16N4O2. The van der Waals surface area contributed by atoms with Gasteiger partial charge in [0.2, 0.25) is 5.88 Å². The van der Waals surface area contributed by atoms with E-state index in [1.165, 1.54) is 0 Å². The predicted octanol–water partition coefficient (Wildman–Crippen LogP) is 1.51. The van der Waals surface area contributed by atoms with Gasteiger partial charge < -0.3 is 15.2 Å². The first-order chi connectivity index (χ1) is 9.29. The largest absolute Gasteiger partial charge is 0.479 e. The highest BCUT2D eigenvalue weighted by molar-refractivity contribution is 5.83. The first-order valence-corrected chi connectivity index (χ1v) is 6.32. The van der Waals surface area contributed by atoms with Crippen molar-refractivity contribution >= 4 is 16.9 Å². The Balaban J connectivity index is 2.14. The van der Waals surface area contributed by atoms with Crippen LogP contribution in [0.15, 0.2) is 12.4 Å². The fourth-order valence-electron chi connectivity index (χ4n) is 2.47. The Labute approximate surface area is 111 Å². The Morgan fingerprint density at radius 2 is 2.00 bits per heavy atom. The Hall–Kier alpha value is -1.95. The lowest BCUT2D eigenvalue weighted by Gasteiger charge is -2.23. The molecule has 0 aromatic carbocycles. The summed E-state index contributed by atoms with van der Waals surface area (Å²) in [6.45, 7) is 1.56. The highest BCUT2D eigenvalue weighted by Gasteiger charge is 2.21. The maximum absolute atomic E-state index is 5.70. The number of hydrogen-bond acceptors (Lipinski definition) is 6. The lowest BCUT2D eigenvalue weighted by molar-refractivity contribution is 0.0855. The van der Waals surface area contributed by atoms with Crippen molar-refractivity contribution in [2.24, 2.45) is 0 Å². The molecule has 0 atom stereocenters. The number of nitrogens with zero attached hydrogens (tertiary/aromatic N) is 3. The summed E-state index contributed by atoms with van der Waals surface area (Å²) in [5.41, 5.74) is 8.26. The molecule has 2 N–H and O–H groups in total. The molecule has 0 spiro atoms. The van der Waals surface area contributed by atoms with E-state index >= 15 is 0 Å². The third-order valence-electron chi connectivity index (χ3n) is 3.44. The summed E-state index contributed by atoms with van der Waals surface area (Å²) in [5.74, 6) is 1.25. The molecule has 0 saturated carbocycles. The zero-order valence-electron chi connectivity index (χ0n) is 10.8. The first-order valence-electron chi connectivity index (χ1n) is 6.32. The standard InChI is InChI=1S/C13H16N4O2/c1-18-13-12-11(15-7-10(14)17-12)9(6-16-13)8-2-4-19-5-3-8/h6-8H,2-5H2,1H3,(H2,14,17). The van der Waals surface area contributed by atoms with Crippen molar-refractivity contribution < 1.29 is 9.47 Å².